The van der Waals surface area contributed by atoms with Gasteiger partial charge in [-0.3, -0.25) is 4.79 Å². The van der Waals surface area contributed by atoms with Crippen LogP contribution in [0.5, 0.6) is 0 Å². The molecule has 21 heavy (non-hydrogen) atoms. The Morgan fingerprint density at radius 3 is 2.86 bits per heavy atom. The summed E-state index contributed by atoms with van der Waals surface area (Å²) in [5.41, 5.74) is 3.48. The molecule has 4 heteroatoms. The molecule has 0 saturated heterocycles. The number of amides is 1. The summed E-state index contributed by atoms with van der Waals surface area (Å²) in [6, 6.07) is 8.37. The molecule has 1 amide bonds. The summed E-state index contributed by atoms with van der Waals surface area (Å²) >= 11 is 5.32. The predicted octanol–water partition coefficient (Wildman–Crippen LogP) is 5.11. The van der Waals surface area contributed by atoms with Crippen molar-refractivity contribution in [2.45, 2.75) is 38.6 Å². The number of anilines is 1. The van der Waals surface area contributed by atoms with Crippen molar-refractivity contribution >= 4 is 38.9 Å². The van der Waals surface area contributed by atoms with Gasteiger partial charge in [-0.25, -0.2) is 0 Å². The molecule has 0 unspecified atom stereocenters. The van der Waals surface area contributed by atoms with E-state index in [1.165, 1.54) is 28.8 Å². The molecule has 1 aliphatic heterocycles. The first kappa shape index (κ1) is 13.5. The van der Waals surface area contributed by atoms with E-state index in [1.807, 2.05) is 17.0 Å². The van der Waals surface area contributed by atoms with Crippen molar-refractivity contribution in [1.82, 2.24) is 0 Å². The minimum Gasteiger partial charge on any atom is -0.303 e. The Bertz CT molecular complexity index is 732. The van der Waals surface area contributed by atoms with E-state index in [1.54, 1.807) is 11.3 Å². The van der Waals surface area contributed by atoms with Gasteiger partial charge in [0.2, 0.25) is 0 Å². The van der Waals surface area contributed by atoms with E-state index < -0.39 is 0 Å². The number of benzene rings is 1. The SMILES string of the molecule is CCc1c(Br)cccc1N1Cc2cc(C3CC3)sc2C1=O. The molecule has 1 aromatic carbocycles. The summed E-state index contributed by atoms with van der Waals surface area (Å²) < 4.78 is 1.09. The highest BCUT2D eigenvalue weighted by atomic mass is 79.9. The number of fused-ring (bicyclic) bond motifs is 1. The van der Waals surface area contributed by atoms with Crippen molar-refractivity contribution in [2.24, 2.45) is 0 Å². The normalized spacial score (nSPS) is 17.4. The fourth-order valence-corrected chi connectivity index (χ4v) is 4.95. The maximum absolute atomic E-state index is 12.8. The highest BCUT2D eigenvalue weighted by molar-refractivity contribution is 9.10. The van der Waals surface area contributed by atoms with Crippen LogP contribution in [0, 0.1) is 0 Å². The van der Waals surface area contributed by atoms with Crippen LogP contribution in [0.2, 0.25) is 0 Å². The average Bonchev–Trinajstić information content (AvgIpc) is 3.17. The zero-order valence-corrected chi connectivity index (χ0v) is 14.3. The van der Waals surface area contributed by atoms with Crippen LogP contribution < -0.4 is 4.90 Å². The number of hydrogen-bond donors (Lipinski definition) is 0. The van der Waals surface area contributed by atoms with Crippen LogP contribution in [0.15, 0.2) is 28.7 Å². The van der Waals surface area contributed by atoms with Crippen LogP contribution in [-0.4, -0.2) is 5.91 Å². The lowest BCUT2D eigenvalue weighted by Gasteiger charge is -2.20. The van der Waals surface area contributed by atoms with Crippen molar-refractivity contribution in [3.05, 3.63) is 49.6 Å². The molecule has 1 aromatic heterocycles. The van der Waals surface area contributed by atoms with Crippen molar-refractivity contribution in [1.29, 1.82) is 0 Å². The summed E-state index contributed by atoms with van der Waals surface area (Å²) in [5, 5.41) is 0. The monoisotopic (exact) mass is 361 g/mol. The third-order valence-electron chi connectivity index (χ3n) is 4.31. The predicted molar refractivity (Wildman–Crippen MR) is 90.3 cm³/mol. The number of thiophene rings is 1. The van der Waals surface area contributed by atoms with Crippen LogP contribution in [0.25, 0.3) is 0 Å². The van der Waals surface area contributed by atoms with Crippen LogP contribution in [0.4, 0.5) is 5.69 Å². The summed E-state index contributed by atoms with van der Waals surface area (Å²) in [5.74, 6) is 0.911. The van der Waals surface area contributed by atoms with Gasteiger partial charge in [-0.05, 0) is 54.5 Å². The first-order valence-corrected chi connectivity index (χ1v) is 9.02. The number of nitrogens with zero attached hydrogens (tertiary/aromatic N) is 1. The van der Waals surface area contributed by atoms with Crippen molar-refractivity contribution in [3.63, 3.8) is 0 Å². The first-order chi connectivity index (χ1) is 10.2. The Hall–Kier alpha value is -1.13. The molecule has 1 saturated carbocycles. The Morgan fingerprint density at radius 1 is 1.38 bits per heavy atom. The highest BCUT2D eigenvalue weighted by Crippen LogP contribution is 2.46. The fraction of sp³-hybridized carbons (Fsp3) is 0.353. The van der Waals surface area contributed by atoms with Gasteiger partial charge in [0.1, 0.15) is 0 Å². The van der Waals surface area contributed by atoms with E-state index in [0.717, 1.165) is 33.9 Å². The van der Waals surface area contributed by atoms with Gasteiger partial charge < -0.3 is 4.90 Å². The van der Waals surface area contributed by atoms with Crippen LogP contribution in [0.3, 0.4) is 0 Å². The quantitative estimate of drug-likeness (QED) is 0.743. The second-order valence-electron chi connectivity index (χ2n) is 5.76. The molecular weight excluding hydrogens is 346 g/mol. The van der Waals surface area contributed by atoms with Gasteiger partial charge >= 0.3 is 0 Å². The Balaban J connectivity index is 1.71. The summed E-state index contributed by atoms with van der Waals surface area (Å²) in [4.78, 5) is 17.1. The molecule has 0 bridgehead atoms. The molecule has 2 heterocycles. The number of hydrogen-bond acceptors (Lipinski definition) is 2. The van der Waals surface area contributed by atoms with E-state index in [0.29, 0.717) is 0 Å². The molecule has 4 rings (SSSR count). The van der Waals surface area contributed by atoms with Crippen molar-refractivity contribution < 1.29 is 4.79 Å². The first-order valence-electron chi connectivity index (χ1n) is 7.41. The summed E-state index contributed by atoms with van der Waals surface area (Å²) in [6.45, 7) is 2.85. The molecule has 0 radical (unpaired) electrons. The zero-order chi connectivity index (χ0) is 14.6. The molecule has 1 fully saturated rings. The summed E-state index contributed by atoms with van der Waals surface area (Å²) in [6.07, 6.45) is 3.51. The number of carbonyl (C=O) groups is 1. The summed E-state index contributed by atoms with van der Waals surface area (Å²) in [7, 11) is 0. The van der Waals surface area contributed by atoms with Gasteiger partial charge in [-0.2, -0.15) is 0 Å². The number of halogens is 1. The fourth-order valence-electron chi connectivity index (χ4n) is 3.03. The van der Waals surface area contributed by atoms with Crippen LogP contribution in [0.1, 0.15) is 51.4 Å². The molecule has 2 aliphatic rings. The molecule has 2 nitrogen and oxygen atoms in total. The second kappa shape index (κ2) is 4.96. The van der Waals surface area contributed by atoms with E-state index in [4.69, 9.17) is 0 Å². The highest BCUT2D eigenvalue weighted by Gasteiger charge is 2.35. The molecule has 0 atom stereocenters. The molecule has 0 spiro atoms. The Kier molecular flexibility index (Phi) is 3.19. The lowest BCUT2D eigenvalue weighted by molar-refractivity contribution is 0.0999. The lowest BCUT2D eigenvalue weighted by Crippen LogP contribution is -2.24. The molecule has 2 aromatic rings. The zero-order valence-electron chi connectivity index (χ0n) is 11.9. The second-order valence-corrected chi connectivity index (χ2v) is 7.70. The molecular formula is C17H16BrNOS. The standard InChI is InChI=1S/C17H16BrNOS/c1-2-12-13(18)4-3-5-14(12)19-9-11-8-15(10-6-7-10)21-16(11)17(19)20/h3-5,8,10H,2,6-7,9H2,1H3. The van der Waals surface area contributed by atoms with Crippen LogP contribution >= 0.6 is 27.3 Å². The third kappa shape index (κ3) is 2.16. The molecule has 0 N–H and O–H groups in total. The van der Waals surface area contributed by atoms with E-state index in [-0.39, 0.29) is 5.91 Å². The maximum atomic E-state index is 12.8. The van der Waals surface area contributed by atoms with E-state index in [9.17, 15) is 4.79 Å². The van der Waals surface area contributed by atoms with E-state index in [2.05, 4.69) is 35.0 Å². The molecule has 1 aliphatic carbocycles. The smallest absolute Gasteiger partial charge is 0.269 e. The van der Waals surface area contributed by atoms with Gasteiger partial charge in [0, 0.05) is 15.0 Å². The Labute approximate surface area is 136 Å². The number of carbonyl (C=O) groups excluding carboxylic acids is 1. The lowest BCUT2D eigenvalue weighted by atomic mass is 10.1. The number of rotatable bonds is 3. The van der Waals surface area contributed by atoms with Crippen molar-refractivity contribution in [2.75, 3.05) is 4.90 Å². The largest absolute Gasteiger partial charge is 0.303 e. The maximum Gasteiger partial charge on any atom is 0.269 e. The minimum absolute atomic E-state index is 0.176. The topological polar surface area (TPSA) is 20.3 Å². The minimum atomic E-state index is 0.176. The Morgan fingerprint density at radius 2 is 2.19 bits per heavy atom. The van der Waals surface area contributed by atoms with Gasteiger partial charge in [0.15, 0.2) is 0 Å². The van der Waals surface area contributed by atoms with E-state index >= 15 is 0 Å². The van der Waals surface area contributed by atoms with Gasteiger partial charge in [0.25, 0.3) is 5.91 Å². The van der Waals surface area contributed by atoms with Crippen LogP contribution in [-0.2, 0) is 13.0 Å². The van der Waals surface area contributed by atoms with Gasteiger partial charge in [0.05, 0.1) is 11.4 Å². The average molecular weight is 362 g/mol. The van der Waals surface area contributed by atoms with Crippen molar-refractivity contribution in [3.8, 4) is 0 Å². The van der Waals surface area contributed by atoms with Gasteiger partial charge in [-0.15, -0.1) is 11.3 Å². The molecule has 108 valence electrons. The third-order valence-corrected chi connectivity index (χ3v) is 6.38. The van der Waals surface area contributed by atoms with Gasteiger partial charge in [-0.1, -0.05) is 28.9 Å².